The summed E-state index contributed by atoms with van der Waals surface area (Å²) in [5.41, 5.74) is 5.51. The van der Waals surface area contributed by atoms with Gasteiger partial charge in [0.05, 0.1) is 6.04 Å². The summed E-state index contributed by atoms with van der Waals surface area (Å²) in [6, 6.07) is 15.7. The third kappa shape index (κ3) is 2.65. The van der Waals surface area contributed by atoms with Crippen LogP contribution in [0.15, 0.2) is 54.6 Å². The molecule has 1 heterocycles. The van der Waals surface area contributed by atoms with Gasteiger partial charge in [-0.1, -0.05) is 68.8 Å². The number of benzene rings is 2. The molecule has 0 saturated carbocycles. The fourth-order valence-corrected chi connectivity index (χ4v) is 4.27. The highest BCUT2D eigenvalue weighted by atomic mass is 35.5. The molecule has 0 saturated heterocycles. The normalized spacial score (nSPS) is 25.1. The Labute approximate surface area is 149 Å². The molecule has 1 nitrogen and oxygen atoms in total. The van der Waals surface area contributed by atoms with E-state index in [-0.39, 0.29) is 5.41 Å². The van der Waals surface area contributed by atoms with Crippen molar-refractivity contribution >= 4 is 17.3 Å². The fraction of sp³-hybridized carbons (Fsp3) is 0.364. The zero-order valence-corrected chi connectivity index (χ0v) is 15.3. The molecule has 0 radical (unpaired) electrons. The molecule has 0 unspecified atom stereocenters. The maximum Gasteiger partial charge on any atom is 0.0553 e. The van der Waals surface area contributed by atoms with Crippen LogP contribution >= 0.6 is 11.6 Å². The SMILES string of the molecule is CC(C)(C)c1ccc([C@@H]2Nc3ccc(Cl)cc3[C@@H]3C=CC[C@H]32)cc1. The molecule has 0 aromatic heterocycles. The van der Waals surface area contributed by atoms with Gasteiger partial charge in [-0.3, -0.25) is 0 Å². The molecule has 3 atom stereocenters. The van der Waals surface area contributed by atoms with E-state index < -0.39 is 0 Å². The van der Waals surface area contributed by atoms with Crippen molar-refractivity contribution in [2.45, 2.75) is 44.6 Å². The highest BCUT2D eigenvalue weighted by Crippen LogP contribution is 2.50. The largest absolute Gasteiger partial charge is 0.378 e. The highest BCUT2D eigenvalue weighted by Gasteiger charge is 2.37. The van der Waals surface area contributed by atoms with Crippen LogP contribution in [0.2, 0.25) is 5.02 Å². The predicted octanol–water partition coefficient (Wildman–Crippen LogP) is 6.46. The van der Waals surface area contributed by atoms with Crippen LogP contribution in [0, 0.1) is 5.92 Å². The Bertz CT molecular complexity index is 783. The van der Waals surface area contributed by atoms with Gasteiger partial charge < -0.3 is 5.32 Å². The zero-order valence-electron chi connectivity index (χ0n) is 14.5. The van der Waals surface area contributed by atoms with E-state index in [1.807, 2.05) is 6.07 Å². The molecule has 4 rings (SSSR count). The molecule has 0 fully saturated rings. The van der Waals surface area contributed by atoms with Gasteiger partial charge in [0.15, 0.2) is 0 Å². The summed E-state index contributed by atoms with van der Waals surface area (Å²) in [7, 11) is 0. The standard InChI is InChI=1S/C22H24ClN/c1-22(2,3)15-9-7-14(8-10-15)21-18-6-4-5-17(18)19-13-16(23)11-12-20(19)24-21/h4-5,7-13,17-18,21,24H,6H2,1-3H3/t17-,18-,21+/m1/s1. The van der Waals surface area contributed by atoms with E-state index >= 15 is 0 Å². The summed E-state index contributed by atoms with van der Waals surface area (Å²) < 4.78 is 0. The van der Waals surface area contributed by atoms with Crippen LogP contribution in [0.3, 0.4) is 0 Å². The van der Waals surface area contributed by atoms with E-state index in [4.69, 9.17) is 11.6 Å². The maximum absolute atomic E-state index is 6.23. The van der Waals surface area contributed by atoms with E-state index in [0.29, 0.717) is 17.9 Å². The van der Waals surface area contributed by atoms with Crippen molar-refractivity contribution in [3.63, 3.8) is 0 Å². The Morgan fingerprint density at radius 2 is 1.79 bits per heavy atom. The Morgan fingerprint density at radius 1 is 1.04 bits per heavy atom. The first kappa shape index (κ1) is 15.8. The second-order valence-electron chi connectivity index (χ2n) is 8.08. The first-order valence-corrected chi connectivity index (χ1v) is 9.14. The van der Waals surface area contributed by atoms with Crippen LogP contribution in [-0.2, 0) is 5.41 Å². The number of fused-ring (bicyclic) bond motifs is 3. The number of hydrogen-bond acceptors (Lipinski definition) is 1. The first-order valence-electron chi connectivity index (χ1n) is 8.76. The average Bonchev–Trinajstić information content (AvgIpc) is 3.03. The quantitative estimate of drug-likeness (QED) is 0.588. The number of allylic oxidation sites excluding steroid dienone is 2. The lowest BCUT2D eigenvalue weighted by Crippen LogP contribution is -2.29. The van der Waals surface area contributed by atoms with Crippen LogP contribution < -0.4 is 5.32 Å². The molecule has 2 heteroatoms. The Kier molecular flexibility index (Phi) is 3.73. The van der Waals surface area contributed by atoms with Crippen molar-refractivity contribution in [1.29, 1.82) is 0 Å². The van der Waals surface area contributed by atoms with Crippen molar-refractivity contribution in [2.75, 3.05) is 5.32 Å². The van der Waals surface area contributed by atoms with Gasteiger partial charge in [0.25, 0.3) is 0 Å². The summed E-state index contributed by atoms with van der Waals surface area (Å²) in [6.45, 7) is 6.79. The molecule has 124 valence electrons. The molecule has 2 aromatic carbocycles. The van der Waals surface area contributed by atoms with Gasteiger partial charge in [-0.2, -0.15) is 0 Å². The summed E-state index contributed by atoms with van der Waals surface area (Å²) >= 11 is 6.23. The molecule has 1 aliphatic carbocycles. The van der Waals surface area contributed by atoms with Crippen molar-refractivity contribution in [3.05, 3.63) is 76.3 Å². The number of rotatable bonds is 1. The van der Waals surface area contributed by atoms with Gasteiger partial charge in [-0.05, 0) is 52.6 Å². The van der Waals surface area contributed by atoms with E-state index in [1.54, 1.807) is 0 Å². The molecule has 1 N–H and O–H groups in total. The average molecular weight is 338 g/mol. The summed E-state index contributed by atoms with van der Waals surface area (Å²) in [4.78, 5) is 0. The Hall–Kier alpha value is -1.73. The van der Waals surface area contributed by atoms with E-state index in [2.05, 4.69) is 74.6 Å². The van der Waals surface area contributed by atoms with Crippen LogP contribution in [0.1, 0.15) is 55.8 Å². The van der Waals surface area contributed by atoms with Gasteiger partial charge in [0.2, 0.25) is 0 Å². The molecule has 0 spiro atoms. The van der Waals surface area contributed by atoms with Crippen LogP contribution in [0.4, 0.5) is 5.69 Å². The van der Waals surface area contributed by atoms with Crippen LogP contribution in [0.25, 0.3) is 0 Å². The first-order chi connectivity index (χ1) is 11.4. The predicted molar refractivity (Wildman–Crippen MR) is 103 cm³/mol. The van der Waals surface area contributed by atoms with Gasteiger partial charge >= 0.3 is 0 Å². The van der Waals surface area contributed by atoms with E-state index in [1.165, 1.54) is 22.4 Å². The lowest BCUT2D eigenvalue weighted by molar-refractivity contribution is 0.425. The third-order valence-corrected chi connectivity index (χ3v) is 5.70. The lowest BCUT2D eigenvalue weighted by Gasteiger charge is -2.37. The van der Waals surface area contributed by atoms with Crippen molar-refractivity contribution in [3.8, 4) is 0 Å². The minimum absolute atomic E-state index is 0.194. The second kappa shape index (κ2) is 5.67. The molecule has 0 amide bonds. The van der Waals surface area contributed by atoms with Gasteiger partial charge in [-0.25, -0.2) is 0 Å². The minimum Gasteiger partial charge on any atom is -0.378 e. The Balaban J connectivity index is 1.71. The summed E-state index contributed by atoms with van der Waals surface area (Å²) in [5, 5.41) is 4.59. The van der Waals surface area contributed by atoms with Gasteiger partial charge in [0.1, 0.15) is 0 Å². The smallest absolute Gasteiger partial charge is 0.0553 e. The topological polar surface area (TPSA) is 12.0 Å². The molecule has 2 aromatic rings. The minimum atomic E-state index is 0.194. The van der Waals surface area contributed by atoms with Crippen LogP contribution in [-0.4, -0.2) is 0 Å². The number of nitrogens with one attached hydrogen (secondary N) is 1. The summed E-state index contributed by atoms with van der Waals surface area (Å²) in [5.74, 6) is 1.03. The fourth-order valence-electron chi connectivity index (χ4n) is 4.09. The zero-order chi connectivity index (χ0) is 16.9. The Morgan fingerprint density at radius 3 is 2.50 bits per heavy atom. The summed E-state index contributed by atoms with van der Waals surface area (Å²) in [6.07, 6.45) is 5.80. The molecule has 24 heavy (non-hydrogen) atoms. The van der Waals surface area contributed by atoms with Crippen molar-refractivity contribution in [1.82, 2.24) is 0 Å². The lowest BCUT2D eigenvalue weighted by atomic mass is 9.76. The van der Waals surface area contributed by atoms with Crippen molar-refractivity contribution < 1.29 is 0 Å². The monoisotopic (exact) mass is 337 g/mol. The van der Waals surface area contributed by atoms with E-state index in [0.717, 1.165) is 11.4 Å². The van der Waals surface area contributed by atoms with Crippen LogP contribution in [0.5, 0.6) is 0 Å². The van der Waals surface area contributed by atoms with Gasteiger partial charge in [0, 0.05) is 16.6 Å². The maximum atomic E-state index is 6.23. The van der Waals surface area contributed by atoms with E-state index in [9.17, 15) is 0 Å². The molecular formula is C22H24ClN. The number of anilines is 1. The number of hydrogen-bond donors (Lipinski definition) is 1. The highest BCUT2D eigenvalue weighted by molar-refractivity contribution is 6.30. The number of halogens is 1. The second-order valence-corrected chi connectivity index (χ2v) is 8.52. The molecule has 0 bridgehead atoms. The molecule has 2 aliphatic rings. The molecular weight excluding hydrogens is 314 g/mol. The van der Waals surface area contributed by atoms with Crippen molar-refractivity contribution in [2.24, 2.45) is 5.92 Å². The third-order valence-electron chi connectivity index (χ3n) is 5.46. The molecule has 1 aliphatic heterocycles. The van der Waals surface area contributed by atoms with Gasteiger partial charge in [-0.15, -0.1) is 0 Å².